The van der Waals surface area contributed by atoms with Crippen LogP contribution in [0, 0.1) is 12.7 Å². The first-order valence-corrected chi connectivity index (χ1v) is 8.97. The Balaban J connectivity index is 1.44. The number of aromatic nitrogens is 1. The summed E-state index contributed by atoms with van der Waals surface area (Å²) in [5.41, 5.74) is 3.62. The third-order valence-corrected chi connectivity index (χ3v) is 4.76. The maximum absolute atomic E-state index is 13.5. The van der Waals surface area contributed by atoms with Gasteiger partial charge in [0.1, 0.15) is 5.82 Å². The maximum atomic E-state index is 13.5. The van der Waals surface area contributed by atoms with E-state index < -0.39 is 0 Å². The summed E-state index contributed by atoms with van der Waals surface area (Å²) in [5, 5.41) is 6.47. The van der Waals surface area contributed by atoms with Crippen molar-refractivity contribution in [1.82, 2.24) is 10.3 Å². The Kier molecular flexibility index (Phi) is 4.39. The van der Waals surface area contributed by atoms with Crippen molar-refractivity contribution in [2.75, 3.05) is 5.32 Å². The smallest absolute Gasteiger partial charge is 0.251 e. The lowest BCUT2D eigenvalue weighted by molar-refractivity contribution is -0.115. The minimum atomic E-state index is -0.330. The van der Waals surface area contributed by atoms with Crippen LogP contribution < -0.4 is 10.6 Å². The number of benzene rings is 2. The summed E-state index contributed by atoms with van der Waals surface area (Å²) in [5.74, 6) is -0.617. The Morgan fingerprint density at radius 2 is 1.89 bits per heavy atom. The van der Waals surface area contributed by atoms with Crippen LogP contribution in [0.1, 0.15) is 34.5 Å². The third kappa shape index (κ3) is 3.84. The van der Waals surface area contributed by atoms with Crippen molar-refractivity contribution in [3.8, 4) is 0 Å². The second-order valence-electron chi connectivity index (χ2n) is 6.97. The maximum Gasteiger partial charge on any atom is 0.251 e. The van der Waals surface area contributed by atoms with Gasteiger partial charge in [0.15, 0.2) is 0 Å². The Labute approximate surface area is 156 Å². The molecule has 138 valence electrons. The fraction of sp³-hybridized carbons (Fsp3) is 0.238. The van der Waals surface area contributed by atoms with Crippen LogP contribution in [0.15, 0.2) is 42.5 Å². The number of H-pyrrole nitrogens is 1. The number of anilines is 1. The minimum Gasteiger partial charge on any atom is -0.358 e. The number of aromatic amines is 1. The van der Waals surface area contributed by atoms with Crippen LogP contribution in [0.5, 0.6) is 0 Å². The molecule has 0 unspecified atom stereocenters. The largest absolute Gasteiger partial charge is 0.358 e. The summed E-state index contributed by atoms with van der Waals surface area (Å²) in [4.78, 5) is 27.6. The van der Waals surface area contributed by atoms with Gasteiger partial charge in [0.25, 0.3) is 5.91 Å². The number of fused-ring (bicyclic) bond motifs is 1. The van der Waals surface area contributed by atoms with Crippen molar-refractivity contribution >= 4 is 28.4 Å². The highest BCUT2D eigenvalue weighted by Gasteiger charge is 2.23. The molecular weight excluding hydrogens is 345 g/mol. The van der Waals surface area contributed by atoms with E-state index in [1.165, 1.54) is 12.1 Å². The highest BCUT2D eigenvalue weighted by molar-refractivity contribution is 5.98. The standard InChI is InChI=1S/C21H20FN3O2/c1-12-17(18-10-14(22)4-9-19(18)23-12)11-20(26)24-15-5-2-13(3-6-15)21(27)25-16-7-8-16/h2-6,9-10,16,23H,7-8,11H2,1H3,(H,24,26)(H,25,27). The molecule has 1 aliphatic carbocycles. The quantitative estimate of drug-likeness (QED) is 0.645. The zero-order valence-electron chi connectivity index (χ0n) is 14.9. The van der Waals surface area contributed by atoms with Crippen molar-refractivity contribution in [2.24, 2.45) is 0 Å². The number of hydrogen-bond acceptors (Lipinski definition) is 2. The predicted molar refractivity (Wildman–Crippen MR) is 102 cm³/mol. The Bertz CT molecular complexity index is 1020. The second kappa shape index (κ2) is 6.87. The fourth-order valence-corrected chi connectivity index (χ4v) is 3.15. The van der Waals surface area contributed by atoms with Crippen LogP contribution in [0.25, 0.3) is 10.9 Å². The number of rotatable bonds is 5. The molecule has 1 aliphatic rings. The van der Waals surface area contributed by atoms with Crippen LogP contribution in [-0.2, 0) is 11.2 Å². The lowest BCUT2D eigenvalue weighted by Crippen LogP contribution is -2.25. The molecule has 2 amide bonds. The van der Waals surface area contributed by atoms with Gasteiger partial charge in [-0.05, 0) is 67.8 Å². The van der Waals surface area contributed by atoms with E-state index in [1.807, 2.05) is 6.92 Å². The molecule has 3 N–H and O–H groups in total. The van der Waals surface area contributed by atoms with Gasteiger partial charge >= 0.3 is 0 Å². The summed E-state index contributed by atoms with van der Waals surface area (Å²) in [7, 11) is 0. The molecule has 1 saturated carbocycles. The van der Waals surface area contributed by atoms with E-state index in [1.54, 1.807) is 30.3 Å². The van der Waals surface area contributed by atoms with Gasteiger partial charge in [-0.2, -0.15) is 0 Å². The lowest BCUT2D eigenvalue weighted by atomic mass is 10.1. The molecule has 1 fully saturated rings. The molecule has 0 aliphatic heterocycles. The van der Waals surface area contributed by atoms with Gasteiger partial charge in [-0.15, -0.1) is 0 Å². The molecule has 6 heteroatoms. The number of hydrogen-bond donors (Lipinski definition) is 3. The first kappa shape index (κ1) is 17.3. The molecule has 2 aromatic carbocycles. The molecule has 0 atom stereocenters. The SMILES string of the molecule is Cc1[nH]c2ccc(F)cc2c1CC(=O)Nc1ccc(C(=O)NC2CC2)cc1. The predicted octanol–water partition coefficient (Wildman–Crippen LogP) is 3.69. The first-order valence-electron chi connectivity index (χ1n) is 8.97. The summed E-state index contributed by atoms with van der Waals surface area (Å²) in [6.07, 6.45) is 2.22. The molecule has 1 heterocycles. The van der Waals surface area contributed by atoms with E-state index in [9.17, 15) is 14.0 Å². The number of carbonyl (C=O) groups is 2. The molecule has 3 aromatic rings. The average Bonchev–Trinajstić information content (AvgIpc) is 3.40. The monoisotopic (exact) mass is 365 g/mol. The average molecular weight is 365 g/mol. The number of aryl methyl sites for hydroxylation is 1. The number of halogens is 1. The van der Waals surface area contributed by atoms with Crippen molar-refractivity contribution in [3.63, 3.8) is 0 Å². The van der Waals surface area contributed by atoms with Crippen molar-refractivity contribution in [3.05, 3.63) is 65.1 Å². The Hall–Kier alpha value is -3.15. The Morgan fingerprint density at radius 1 is 1.15 bits per heavy atom. The lowest BCUT2D eigenvalue weighted by Gasteiger charge is -2.07. The van der Waals surface area contributed by atoms with E-state index in [0.717, 1.165) is 35.0 Å². The van der Waals surface area contributed by atoms with Crippen LogP contribution in [0.4, 0.5) is 10.1 Å². The van der Waals surface area contributed by atoms with Gasteiger partial charge in [0.2, 0.25) is 5.91 Å². The highest BCUT2D eigenvalue weighted by Crippen LogP contribution is 2.24. The molecule has 0 radical (unpaired) electrons. The van der Waals surface area contributed by atoms with Gasteiger partial charge in [0, 0.05) is 33.9 Å². The molecular formula is C21H20FN3O2. The van der Waals surface area contributed by atoms with Gasteiger partial charge in [0.05, 0.1) is 6.42 Å². The van der Waals surface area contributed by atoms with E-state index in [4.69, 9.17) is 0 Å². The third-order valence-electron chi connectivity index (χ3n) is 4.76. The van der Waals surface area contributed by atoms with Gasteiger partial charge < -0.3 is 15.6 Å². The molecule has 0 bridgehead atoms. The summed E-state index contributed by atoms with van der Waals surface area (Å²) in [6.45, 7) is 1.87. The molecule has 27 heavy (non-hydrogen) atoms. The normalized spacial score (nSPS) is 13.6. The van der Waals surface area contributed by atoms with Crippen LogP contribution in [0.2, 0.25) is 0 Å². The number of amides is 2. The van der Waals surface area contributed by atoms with E-state index in [2.05, 4.69) is 15.6 Å². The summed E-state index contributed by atoms with van der Waals surface area (Å²) < 4.78 is 13.5. The van der Waals surface area contributed by atoms with Crippen LogP contribution in [0.3, 0.4) is 0 Å². The van der Waals surface area contributed by atoms with Crippen molar-refractivity contribution in [2.45, 2.75) is 32.2 Å². The molecule has 1 aromatic heterocycles. The number of nitrogens with one attached hydrogen (secondary N) is 3. The first-order chi connectivity index (χ1) is 13.0. The van der Waals surface area contributed by atoms with Crippen LogP contribution in [-0.4, -0.2) is 22.8 Å². The topological polar surface area (TPSA) is 74.0 Å². The highest BCUT2D eigenvalue weighted by atomic mass is 19.1. The molecule has 0 spiro atoms. The minimum absolute atomic E-state index is 0.0909. The zero-order chi connectivity index (χ0) is 19.0. The molecule has 5 nitrogen and oxygen atoms in total. The van der Waals surface area contributed by atoms with Crippen LogP contribution >= 0.6 is 0 Å². The van der Waals surface area contributed by atoms with Gasteiger partial charge in [-0.3, -0.25) is 9.59 Å². The fourth-order valence-electron chi connectivity index (χ4n) is 3.15. The molecule has 4 rings (SSSR count). The summed E-state index contributed by atoms with van der Waals surface area (Å²) >= 11 is 0. The zero-order valence-corrected chi connectivity index (χ0v) is 14.9. The van der Waals surface area contributed by atoms with E-state index >= 15 is 0 Å². The van der Waals surface area contributed by atoms with Crippen molar-refractivity contribution < 1.29 is 14.0 Å². The second-order valence-corrected chi connectivity index (χ2v) is 6.97. The summed E-state index contributed by atoms with van der Waals surface area (Å²) in [6, 6.07) is 11.6. The van der Waals surface area contributed by atoms with E-state index in [-0.39, 0.29) is 24.1 Å². The number of carbonyl (C=O) groups excluding carboxylic acids is 2. The van der Waals surface area contributed by atoms with Crippen molar-refractivity contribution in [1.29, 1.82) is 0 Å². The Morgan fingerprint density at radius 3 is 2.59 bits per heavy atom. The van der Waals surface area contributed by atoms with Gasteiger partial charge in [-0.1, -0.05) is 0 Å². The van der Waals surface area contributed by atoms with E-state index in [0.29, 0.717) is 17.3 Å². The molecule has 0 saturated heterocycles. The van der Waals surface area contributed by atoms with Gasteiger partial charge in [-0.25, -0.2) is 4.39 Å².